The van der Waals surface area contributed by atoms with E-state index in [1.807, 2.05) is 0 Å². The highest BCUT2D eigenvalue weighted by Crippen LogP contribution is 2.54. The van der Waals surface area contributed by atoms with E-state index in [1.165, 1.54) is 56.4 Å². The fraction of sp³-hybridized carbons (Fsp3) is 0.647. The zero-order valence-electron chi connectivity index (χ0n) is 12.9. The molecule has 1 aromatic rings. The van der Waals surface area contributed by atoms with E-state index in [0.29, 0.717) is 0 Å². The van der Waals surface area contributed by atoms with Gasteiger partial charge in [-0.2, -0.15) is 0 Å². The Morgan fingerprint density at radius 2 is 1.42 bits per heavy atom. The molecule has 0 aliphatic rings. The minimum absolute atomic E-state index is 0. The highest BCUT2D eigenvalue weighted by molar-refractivity contribution is 7.73. The highest BCUT2D eigenvalue weighted by Gasteiger charge is 2.24. The summed E-state index contributed by atoms with van der Waals surface area (Å²) in [4.78, 5) is 0. The highest BCUT2D eigenvalue weighted by atomic mass is 127. The van der Waals surface area contributed by atoms with E-state index in [0.717, 1.165) is 0 Å². The summed E-state index contributed by atoms with van der Waals surface area (Å²) in [6.45, 7) is 7.33. The second-order valence-corrected chi connectivity index (χ2v) is 10.7. The molecule has 0 nitrogen and oxygen atoms in total. The number of benzene rings is 1. The van der Waals surface area contributed by atoms with Crippen LogP contribution >= 0.6 is 7.26 Å². The Morgan fingerprint density at radius 1 is 0.842 bits per heavy atom. The first-order valence-electron chi connectivity index (χ1n) is 7.50. The molecule has 0 bridgehead atoms. The molecule has 0 amide bonds. The average molecular weight is 392 g/mol. The summed E-state index contributed by atoms with van der Waals surface area (Å²) in [5.41, 5.74) is 1.53. The lowest BCUT2D eigenvalue weighted by Crippen LogP contribution is -3.00. The Kier molecular flexibility index (Phi) is 11.3. The van der Waals surface area contributed by atoms with E-state index in [4.69, 9.17) is 0 Å². The first kappa shape index (κ1) is 19.4. The molecule has 0 atom stereocenters. The Morgan fingerprint density at radius 3 is 2.05 bits per heavy atom. The maximum atomic E-state index is 2.52. The van der Waals surface area contributed by atoms with Gasteiger partial charge in [-0.15, -0.1) is 0 Å². The van der Waals surface area contributed by atoms with Gasteiger partial charge in [-0.1, -0.05) is 62.9 Å². The maximum Gasteiger partial charge on any atom is 0.0837 e. The predicted octanol–water partition coefficient (Wildman–Crippen LogP) is 2.83. The minimum Gasteiger partial charge on any atom is -1.00 e. The van der Waals surface area contributed by atoms with E-state index >= 15 is 0 Å². The summed E-state index contributed by atoms with van der Waals surface area (Å²) in [7, 11) is -0.720. The summed E-state index contributed by atoms with van der Waals surface area (Å²) >= 11 is 0. The molecule has 0 fully saturated rings. The van der Waals surface area contributed by atoms with Crippen LogP contribution in [0.3, 0.4) is 0 Å². The average Bonchev–Trinajstić information content (AvgIpc) is 2.34. The van der Waals surface area contributed by atoms with Crippen molar-refractivity contribution in [1.82, 2.24) is 0 Å². The van der Waals surface area contributed by atoms with E-state index in [1.54, 1.807) is 0 Å². The zero-order valence-corrected chi connectivity index (χ0v) is 15.9. The molecular weight excluding hydrogens is 362 g/mol. The van der Waals surface area contributed by atoms with Crippen LogP contribution in [0.2, 0.25) is 0 Å². The Hall–Kier alpha value is 0.380. The van der Waals surface area contributed by atoms with Crippen molar-refractivity contribution in [3.8, 4) is 0 Å². The van der Waals surface area contributed by atoms with Gasteiger partial charge in [0, 0.05) is 20.6 Å². The summed E-state index contributed by atoms with van der Waals surface area (Å²) in [5, 5.41) is 0. The normalized spacial score (nSPS) is 11.1. The van der Waals surface area contributed by atoms with Crippen LogP contribution in [0.5, 0.6) is 0 Å². The molecule has 0 radical (unpaired) electrons. The SMILES string of the molecule is CCCCCCCC[P+](C)(C)Cc1ccccc1.[I-]. The van der Waals surface area contributed by atoms with Crippen LogP contribution in [-0.4, -0.2) is 19.5 Å². The molecule has 19 heavy (non-hydrogen) atoms. The van der Waals surface area contributed by atoms with Crippen LogP contribution in [0.15, 0.2) is 30.3 Å². The van der Waals surface area contributed by atoms with Gasteiger partial charge in [0.05, 0.1) is 12.3 Å². The van der Waals surface area contributed by atoms with Crippen LogP contribution in [0.4, 0.5) is 0 Å². The number of unbranched alkanes of at least 4 members (excludes halogenated alkanes) is 5. The van der Waals surface area contributed by atoms with Crippen LogP contribution in [-0.2, 0) is 6.16 Å². The van der Waals surface area contributed by atoms with Crippen molar-refractivity contribution in [2.45, 2.75) is 51.6 Å². The number of hydrogen-bond acceptors (Lipinski definition) is 0. The van der Waals surface area contributed by atoms with Crippen LogP contribution < -0.4 is 24.0 Å². The fourth-order valence-corrected chi connectivity index (χ4v) is 4.91. The number of halogens is 1. The smallest absolute Gasteiger partial charge is 0.0837 e. The molecule has 0 aliphatic carbocycles. The van der Waals surface area contributed by atoms with Crippen molar-refractivity contribution >= 4 is 7.26 Å². The number of rotatable bonds is 9. The van der Waals surface area contributed by atoms with E-state index in [9.17, 15) is 0 Å². The molecule has 110 valence electrons. The van der Waals surface area contributed by atoms with Crippen molar-refractivity contribution in [2.75, 3.05) is 19.5 Å². The summed E-state index contributed by atoms with van der Waals surface area (Å²) < 4.78 is 0. The molecule has 0 spiro atoms. The molecule has 1 rings (SSSR count). The van der Waals surface area contributed by atoms with Crippen molar-refractivity contribution in [3.63, 3.8) is 0 Å². The molecule has 0 saturated carbocycles. The van der Waals surface area contributed by atoms with Gasteiger partial charge >= 0.3 is 0 Å². The van der Waals surface area contributed by atoms with E-state index < -0.39 is 7.26 Å². The standard InChI is InChI=1S/C17H30P.HI/c1-4-5-6-7-8-12-15-18(2,3)16-17-13-10-9-11-14-17;/h9-11,13-14H,4-8,12,15-16H2,1-3H3;1H/q+1;/p-1. The Labute approximate surface area is 138 Å². The van der Waals surface area contributed by atoms with Gasteiger partial charge in [-0.25, -0.2) is 0 Å². The van der Waals surface area contributed by atoms with E-state index in [-0.39, 0.29) is 24.0 Å². The zero-order chi connectivity index (χ0) is 13.3. The maximum absolute atomic E-state index is 2.52. The molecule has 0 aliphatic heterocycles. The first-order chi connectivity index (χ1) is 8.64. The molecule has 1 aromatic carbocycles. The van der Waals surface area contributed by atoms with Crippen molar-refractivity contribution in [2.24, 2.45) is 0 Å². The Bertz CT molecular complexity index is 308. The minimum atomic E-state index is -0.720. The lowest BCUT2D eigenvalue weighted by atomic mass is 10.1. The van der Waals surface area contributed by atoms with Crippen molar-refractivity contribution in [1.29, 1.82) is 0 Å². The largest absolute Gasteiger partial charge is 1.00 e. The molecule has 0 heterocycles. The predicted molar refractivity (Wildman–Crippen MR) is 87.2 cm³/mol. The molecule has 0 N–H and O–H groups in total. The van der Waals surface area contributed by atoms with Crippen molar-refractivity contribution < 1.29 is 24.0 Å². The Balaban J connectivity index is 0.00000324. The van der Waals surface area contributed by atoms with Gasteiger partial charge in [0.2, 0.25) is 0 Å². The molecular formula is C17H30IP. The van der Waals surface area contributed by atoms with Gasteiger partial charge in [-0.3, -0.25) is 0 Å². The van der Waals surface area contributed by atoms with Crippen LogP contribution in [0, 0.1) is 0 Å². The summed E-state index contributed by atoms with van der Waals surface area (Å²) in [6, 6.07) is 11.0. The van der Waals surface area contributed by atoms with Gasteiger partial charge < -0.3 is 24.0 Å². The third kappa shape index (κ3) is 9.85. The summed E-state index contributed by atoms with van der Waals surface area (Å²) in [6.07, 6.45) is 11.3. The third-order valence-corrected chi connectivity index (χ3v) is 6.32. The van der Waals surface area contributed by atoms with Gasteiger partial charge in [-0.05, 0) is 18.4 Å². The van der Waals surface area contributed by atoms with Gasteiger partial charge in [0.1, 0.15) is 0 Å². The fourth-order valence-electron chi connectivity index (χ4n) is 2.48. The molecule has 0 saturated heterocycles. The van der Waals surface area contributed by atoms with Crippen molar-refractivity contribution in [3.05, 3.63) is 35.9 Å². The first-order valence-corrected chi connectivity index (χ1v) is 10.6. The quantitative estimate of drug-likeness (QED) is 0.345. The number of hydrogen-bond donors (Lipinski definition) is 0. The second-order valence-electron chi connectivity index (χ2n) is 6.07. The van der Waals surface area contributed by atoms with Gasteiger partial charge in [0.15, 0.2) is 0 Å². The monoisotopic (exact) mass is 392 g/mol. The summed E-state index contributed by atoms with van der Waals surface area (Å²) in [5.74, 6) is 0. The van der Waals surface area contributed by atoms with Gasteiger partial charge in [0.25, 0.3) is 0 Å². The lowest BCUT2D eigenvalue weighted by molar-refractivity contribution is -0.00000414. The topological polar surface area (TPSA) is 0 Å². The van der Waals surface area contributed by atoms with Crippen LogP contribution in [0.1, 0.15) is 51.0 Å². The second kappa shape index (κ2) is 11.1. The molecule has 0 aromatic heterocycles. The lowest BCUT2D eigenvalue weighted by Gasteiger charge is -2.18. The van der Waals surface area contributed by atoms with Crippen LogP contribution in [0.25, 0.3) is 0 Å². The van der Waals surface area contributed by atoms with E-state index in [2.05, 4.69) is 50.6 Å². The third-order valence-electron chi connectivity index (χ3n) is 3.57. The molecule has 0 unspecified atom stereocenters. The molecule has 2 heteroatoms.